The lowest BCUT2D eigenvalue weighted by Crippen LogP contribution is -2.58. The molecule has 2 bridgehead atoms. The van der Waals surface area contributed by atoms with Gasteiger partial charge in [0.15, 0.2) is 12.1 Å². The molecule has 0 spiro atoms. The SMILES string of the molecule is C.CC1OC(O[C@H]2/C=C/C=C/C=C/C=C/C=C/C=C/C=C/[C@H](C)[C@@H](O)[C@@H](C)[C@H](C)OC(=O)C[C@H](O)C[C@H](O)CC[C@@H](O)[C@H](O)CCC[C@]3(O)C[C@H](O)[C@@H](C(=O)O)C(C2)O3)C(O)C(N)C1C. The van der Waals surface area contributed by atoms with Crippen molar-refractivity contribution in [1.82, 2.24) is 0 Å². The number of aliphatic hydroxyl groups is 8. The van der Waals surface area contributed by atoms with Crippen molar-refractivity contribution < 1.29 is 74.5 Å². The van der Waals surface area contributed by atoms with E-state index in [-0.39, 0.29) is 70.3 Å². The van der Waals surface area contributed by atoms with E-state index in [2.05, 4.69) is 0 Å². The van der Waals surface area contributed by atoms with Gasteiger partial charge in [-0.15, -0.1) is 0 Å². The van der Waals surface area contributed by atoms with Gasteiger partial charge in [-0.2, -0.15) is 0 Å². The van der Waals surface area contributed by atoms with Crippen molar-refractivity contribution in [1.29, 1.82) is 0 Å². The van der Waals surface area contributed by atoms with Crippen LogP contribution >= 0.6 is 0 Å². The molecule has 0 aromatic heterocycles. The fourth-order valence-corrected chi connectivity index (χ4v) is 8.04. The molecule has 0 radical (unpaired) electrons. The minimum Gasteiger partial charge on any atom is -0.481 e. The molecule has 3 aliphatic heterocycles. The summed E-state index contributed by atoms with van der Waals surface area (Å²) in [5, 5.41) is 97.1. The Bertz CT molecular complexity index is 1630. The molecule has 3 aliphatic rings. The van der Waals surface area contributed by atoms with Crippen LogP contribution in [0.15, 0.2) is 85.1 Å². The highest BCUT2D eigenvalue weighted by atomic mass is 16.7. The summed E-state index contributed by atoms with van der Waals surface area (Å²) in [6.07, 6.45) is 10.7. The standard InChI is InChI=1S/C48H75NO15.CH4/c1-29-19-16-14-12-10-8-6-7-9-11-13-15-17-20-36(63-47-45(57)43(49)30(2)32(4)62-47)27-40-42(46(58)59)39(54)28-48(60,64-40)24-18-21-37(52)38(53)23-22-34(50)25-35(51)26-41(55)61-33(5)31(3)44(29)56;/h6-17,19-20,29-40,42-45,47,50-54,56-57,60H,18,21-28,49H2,1-5H3,(H,58,59);1H4/b7-6+,10-8+,11-9+,14-12+,15-13+,19-16+,20-17+;/t29-,30?,31-,32?,33-,34+,35+,36-,37+,38+,39-,40?,42+,43?,44+,45?,47?,48+;/m0./s1. The summed E-state index contributed by atoms with van der Waals surface area (Å²) in [6.45, 7) is 8.93. The summed E-state index contributed by atoms with van der Waals surface area (Å²) in [7, 11) is 0. The number of carboxylic acid groups (broad SMARTS) is 1. The van der Waals surface area contributed by atoms with Crippen molar-refractivity contribution in [3.8, 4) is 0 Å². The first-order valence-electron chi connectivity index (χ1n) is 22.6. The van der Waals surface area contributed by atoms with Gasteiger partial charge in [0.25, 0.3) is 0 Å². The maximum Gasteiger partial charge on any atom is 0.311 e. The molecule has 2 saturated heterocycles. The number of cyclic esters (lactones) is 1. The lowest BCUT2D eigenvalue weighted by molar-refractivity contribution is -0.302. The number of rotatable bonds is 3. The number of nitrogens with two attached hydrogens (primary N) is 1. The fourth-order valence-electron chi connectivity index (χ4n) is 8.04. The van der Waals surface area contributed by atoms with E-state index in [9.17, 15) is 55.5 Å². The topological polar surface area (TPSA) is 279 Å². The Morgan fingerprint density at radius 2 is 1.26 bits per heavy atom. The average Bonchev–Trinajstić information content (AvgIpc) is 3.22. The first-order chi connectivity index (χ1) is 30.2. The Kier molecular flexibility index (Phi) is 25.5. The molecule has 3 rings (SSSR count). The molecule has 2 fully saturated rings. The van der Waals surface area contributed by atoms with Gasteiger partial charge in [-0.3, -0.25) is 9.59 Å². The molecule has 11 N–H and O–H groups in total. The van der Waals surface area contributed by atoms with Crippen LogP contribution in [0.4, 0.5) is 0 Å². The third-order valence-corrected chi connectivity index (χ3v) is 12.5. The first-order valence-corrected chi connectivity index (χ1v) is 22.6. The Morgan fingerprint density at radius 3 is 1.85 bits per heavy atom. The van der Waals surface area contributed by atoms with E-state index in [0.29, 0.717) is 0 Å². The third-order valence-electron chi connectivity index (χ3n) is 12.5. The van der Waals surface area contributed by atoms with Crippen LogP contribution in [0.25, 0.3) is 0 Å². The number of hydrogen-bond donors (Lipinski definition) is 10. The zero-order valence-corrected chi connectivity index (χ0v) is 37.8. The number of aliphatic hydroxyl groups excluding tert-OH is 7. The molecule has 3 heterocycles. The normalized spacial score (nSPS) is 44.2. The van der Waals surface area contributed by atoms with E-state index in [1.807, 2.05) is 68.5 Å². The highest BCUT2D eigenvalue weighted by Crippen LogP contribution is 2.38. The molecular formula is C49H79NO15. The summed E-state index contributed by atoms with van der Waals surface area (Å²) in [4.78, 5) is 25.1. The summed E-state index contributed by atoms with van der Waals surface area (Å²) in [5.74, 6) is -6.39. The second kappa shape index (κ2) is 28.7. The molecule has 370 valence electrons. The molecule has 18 atom stereocenters. The average molecular weight is 922 g/mol. The van der Waals surface area contributed by atoms with Gasteiger partial charge in [-0.05, 0) is 51.9 Å². The van der Waals surface area contributed by atoms with Crippen LogP contribution in [0.2, 0.25) is 0 Å². The van der Waals surface area contributed by atoms with Crippen LogP contribution in [0, 0.1) is 23.7 Å². The van der Waals surface area contributed by atoms with E-state index in [4.69, 9.17) is 24.7 Å². The molecule has 0 aromatic rings. The minimum atomic E-state index is -2.01. The Morgan fingerprint density at radius 1 is 0.708 bits per heavy atom. The highest BCUT2D eigenvalue weighted by Gasteiger charge is 2.50. The van der Waals surface area contributed by atoms with Crippen molar-refractivity contribution >= 4 is 11.9 Å². The molecule has 65 heavy (non-hydrogen) atoms. The molecule has 16 nitrogen and oxygen atoms in total. The zero-order chi connectivity index (χ0) is 47.6. The van der Waals surface area contributed by atoms with E-state index < -0.39 is 116 Å². The van der Waals surface area contributed by atoms with E-state index in [1.165, 1.54) is 0 Å². The molecular weight excluding hydrogens is 843 g/mol. The molecule has 0 aromatic carbocycles. The second-order valence-corrected chi connectivity index (χ2v) is 17.7. The van der Waals surface area contributed by atoms with Gasteiger partial charge in [-0.25, -0.2) is 0 Å². The molecule has 16 heteroatoms. The zero-order valence-electron chi connectivity index (χ0n) is 37.8. The van der Waals surface area contributed by atoms with Gasteiger partial charge in [0.2, 0.25) is 0 Å². The van der Waals surface area contributed by atoms with Crippen LogP contribution in [0.3, 0.4) is 0 Å². The number of allylic oxidation sites excluding steroid dienone is 12. The quantitative estimate of drug-likeness (QED) is 0.181. The summed E-state index contributed by atoms with van der Waals surface area (Å²) < 4.78 is 23.7. The number of esters is 1. The number of carboxylic acids is 1. The van der Waals surface area contributed by atoms with Crippen LogP contribution in [-0.4, -0.2) is 143 Å². The third kappa shape index (κ3) is 19.4. The van der Waals surface area contributed by atoms with Crippen molar-refractivity contribution in [3.63, 3.8) is 0 Å². The van der Waals surface area contributed by atoms with Crippen LogP contribution in [-0.2, 0) is 28.5 Å². The van der Waals surface area contributed by atoms with E-state index >= 15 is 0 Å². The van der Waals surface area contributed by atoms with Crippen molar-refractivity contribution in [2.45, 2.75) is 185 Å². The smallest absolute Gasteiger partial charge is 0.311 e. The number of aliphatic carboxylic acids is 1. The molecule has 0 aliphatic carbocycles. The number of carbonyl (C=O) groups excluding carboxylic acids is 1. The predicted molar refractivity (Wildman–Crippen MR) is 245 cm³/mol. The van der Waals surface area contributed by atoms with Gasteiger partial charge in [0, 0.05) is 37.1 Å². The Labute approximate surface area is 385 Å². The molecule has 6 unspecified atom stereocenters. The number of fused-ring (bicyclic) bond motifs is 2. The Balaban J connectivity index is 0.0000145. The lowest BCUT2D eigenvalue weighted by Gasteiger charge is -2.45. The lowest BCUT2D eigenvalue weighted by atomic mass is 9.83. The number of carbonyl (C=O) groups is 2. The highest BCUT2D eigenvalue weighted by molar-refractivity contribution is 5.71. The second-order valence-electron chi connectivity index (χ2n) is 17.7. The van der Waals surface area contributed by atoms with Gasteiger partial charge in [-0.1, -0.05) is 113 Å². The van der Waals surface area contributed by atoms with Gasteiger partial charge in [0.05, 0.1) is 61.4 Å². The predicted octanol–water partition coefficient (Wildman–Crippen LogP) is 3.65. The van der Waals surface area contributed by atoms with Gasteiger partial charge >= 0.3 is 11.9 Å². The fraction of sp³-hybridized carbons (Fsp3) is 0.673. The first kappa shape index (κ1) is 57.8. The minimum absolute atomic E-state index is 0. The summed E-state index contributed by atoms with van der Waals surface area (Å²) >= 11 is 0. The maximum atomic E-state index is 12.6. The van der Waals surface area contributed by atoms with E-state index in [1.54, 1.807) is 51.2 Å². The van der Waals surface area contributed by atoms with Gasteiger partial charge < -0.3 is 70.6 Å². The number of ether oxygens (including phenoxy) is 4. The van der Waals surface area contributed by atoms with Crippen LogP contribution < -0.4 is 5.73 Å². The number of hydrogen-bond acceptors (Lipinski definition) is 15. The van der Waals surface area contributed by atoms with Crippen molar-refractivity contribution in [2.75, 3.05) is 0 Å². The van der Waals surface area contributed by atoms with Gasteiger partial charge in [0.1, 0.15) is 18.1 Å². The van der Waals surface area contributed by atoms with Crippen molar-refractivity contribution in [3.05, 3.63) is 85.1 Å². The summed E-state index contributed by atoms with van der Waals surface area (Å²) in [5.41, 5.74) is 6.28. The Hall–Kier alpha value is -3.36. The monoisotopic (exact) mass is 922 g/mol. The largest absolute Gasteiger partial charge is 0.481 e. The molecule has 0 amide bonds. The van der Waals surface area contributed by atoms with Crippen molar-refractivity contribution in [2.24, 2.45) is 29.4 Å². The van der Waals surface area contributed by atoms with E-state index in [0.717, 1.165) is 0 Å². The molecule has 0 saturated carbocycles. The van der Waals surface area contributed by atoms with Crippen LogP contribution in [0.5, 0.6) is 0 Å². The maximum absolute atomic E-state index is 12.6. The van der Waals surface area contributed by atoms with Crippen LogP contribution in [0.1, 0.15) is 99.8 Å². The summed E-state index contributed by atoms with van der Waals surface area (Å²) in [6, 6.07) is -0.673.